The van der Waals surface area contributed by atoms with Crippen LogP contribution in [0.1, 0.15) is 44.4 Å². The van der Waals surface area contributed by atoms with Gasteiger partial charge in [0.2, 0.25) is 5.88 Å². The Balaban J connectivity index is 2.80. The average molecular weight is 248 g/mol. The number of pyridine rings is 1. The van der Waals surface area contributed by atoms with Crippen LogP contribution in [0.2, 0.25) is 0 Å². The fourth-order valence-electron chi connectivity index (χ4n) is 1.57. The monoisotopic (exact) mass is 248 g/mol. The lowest BCUT2D eigenvalue weighted by Crippen LogP contribution is -2.13. The van der Waals surface area contributed by atoms with Crippen LogP contribution in [0.4, 0.5) is 0 Å². The lowest BCUT2D eigenvalue weighted by atomic mass is 10.1. The number of hydrogen-bond acceptors (Lipinski definition) is 3. The summed E-state index contributed by atoms with van der Waals surface area (Å²) in [6.45, 7) is 12.5. The molecule has 0 unspecified atom stereocenters. The molecule has 1 N–H and O–H groups in total. The van der Waals surface area contributed by atoms with E-state index in [4.69, 9.17) is 4.74 Å². The van der Waals surface area contributed by atoms with Gasteiger partial charge in [-0.1, -0.05) is 26.8 Å². The molecule has 3 heteroatoms. The molecule has 1 aromatic rings. The van der Waals surface area contributed by atoms with Crippen LogP contribution in [0.5, 0.6) is 5.88 Å². The SMILES string of the molecule is C=CCCOc1cc(CNCC)cc(C(C)C)n1. The van der Waals surface area contributed by atoms with Gasteiger partial charge in [-0.15, -0.1) is 6.58 Å². The van der Waals surface area contributed by atoms with Crippen LogP contribution in [-0.2, 0) is 6.54 Å². The second-order valence-electron chi connectivity index (χ2n) is 4.60. The molecule has 1 rings (SSSR count). The summed E-state index contributed by atoms with van der Waals surface area (Å²) in [4.78, 5) is 4.53. The molecule has 0 fully saturated rings. The molecule has 0 aliphatic rings. The van der Waals surface area contributed by atoms with E-state index < -0.39 is 0 Å². The molecule has 1 heterocycles. The van der Waals surface area contributed by atoms with E-state index in [9.17, 15) is 0 Å². The maximum atomic E-state index is 5.65. The highest BCUT2D eigenvalue weighted by atomic mass is 16.5. The first kappa shape index (κ1) is 14.7. The molecule has 0 amide bonds. The number of aromatic nitrogens is 1. The van der Waals surface area contributed by atoms with Crippen LogP contribution in [-0.4, -0.2) is 18.1 Å². The molecule has 0 saturated carbocycles. The zero-order chi connectivity index (χ0) is 13.4. The molecule has 0 radical (unpaired) electrons. The van der Waals surface area contributed by atoms with Crippen LogP contribution < -0.4 is 10.1 Å². The third-order valence-corrected chi connectivity index (χ3v) is 2.62. The highest BCUT2D eigenvalue weighted by molar-refractivity contribution is 5.26. The van der Waals surface area contributed by atoms with Gasteiger partial charge in [-0.3, -0.25) is 0 Å². The molecule has 0 aliphatic heterocycles. The quantitative estimate of drug-likeness (QED) is 0.566. The van der Waals surface area contributed by atoms with Crippen LogP contribution in [0.15, 0.2) is 24.8 Å². The van der Waals surface area contributed by atoms with Gasteiger partial charge in [0.25, 0.3) is 0 Å². The minimum absolute atomic E-state index is 0.410. The molecule has 1 aromatic heterocycles. The minimum atomic E-state index is 0.410. The molecule has 0 saturated heterocycles. The predicted octanol–water partition coefficient (Wildman–Crippen LogP) is 3.27. The first-order valence-electron chi connectivity index (χ1n) is 6.62. The van der Waals surface area contributed by atoms with Crippen molar-refractivity contribution >= 4 is 0 Å². The topological polar surface area (TPSA) is 34.1 Å². The maximum Gasteiger partial charge on any atom is 0.213 e. The highest BCUT2D eigenvalue weighted by Gasteiger charge is 2.06. The van der Waals surface area contributed by atoms with E-state index in [2.05, 4.69) is 43.7 Å². The van der Waals surface area contributed by atoms with E-state index in [0.717, 1.165) is 31.1 Å². The Hall–Kier alpha value is -1.35. The summed E-state index contributed by atoms with van der Waals surface area (Å²) in [5.41, 5.74) is 2.31. The van der Waals surface area contributed by atoms with Crippen molar-refractivity contribution in [2.45, 2.75) is 39.7 Å². The first-order chi connectivity index (χ1) is 8.67. The van der Waals surface area contributed by atoms with Crippen LogP contribution in [0, 0.1) is 0 Å². The van der Waals surface area contributed by atoms with E-state index in [1.165, 1.54) is 5.56 Å². The van der Waals surface area contributed by atoms with Gasteiger partial charge in [-0.05, 0) is 30.5 Å². The standard InChI is InChI=1S/C15H24N2O/c1-5-7-8-18-15-10-13(11-16-6-2)9-14(17-15)12(3)4/h5,9-10,12,16H,1,6-8,11H2,2-4H3. The zero-order valence-electron chi connectivity index (χ0n) is 11.7. The number of hydrogen-bond donors (Lipinski definition) is 1. The van der Waals surface area contributed by atoms with Crippen molar-refractivity contribution in [1.29, 1.82) is 0 Å². The normalized spacial score (nSPS) is 10.7. The molecule has 0 atom stereocenters. The molecule has 0 spiro atoms. The molecule has 0 aliphatic carbocycles. The van der Waals surface area contributed by atoms with Gasteiger partial charge in [-0.25, -0.2) is 4.98 Å². The fourth-order valence-corrected chi connectivity index (χ4v) is 1.57. The highest BCUT2D eigenvalue weighted by Crippen LogP contribution is 2.19. The van der Waals surface area contributed by atoms with Crippen molar-refractivity contribution in [3.8, 4) is 5.88 Å². The van der Waals surface area contributed by atoms with Gasteiger partial charge in [0.05, 0.1) is 6.61 Å². The Labute approximate surface area is 110 Å². The number of nitrogens with zero attached hydrogens (tertiary/aromatic N) is 1. The van der Waals surface area contributed by atoms with Crippen molar-refractivity contribution in [3.63, 3.8) is 0 Å². The van der Waals surface area contributed by atoms with Gasteiger partial charge in [0, 0.05) is 18.3 Å². The second kappa shape index (κ2) is 7.88. The van der Waals surface area contributed by atoms with E-state index in [1.807, 2.05) is 12.1 Å². The summed E-state index contributed by atoms with van der Waals surface area (Å²) in [7, 11) is 0. The molecule has 100 valence electrons. The Morgan fingerprint density at radius 3 is 2.83 bits per heavy atom. The Bertz CT molecular complexity index is 375. The van der Waals surface area contributed by atoms with Gasteiger partial charge < -0.3 is 10.1 Å². The van der Waals surface area contributed by atoms with Crippen molar-refractivity contribution in [2.75, 3.05) is 13.2 Å². The largest absolute Gasteiger partial charge is 0.477 e. The van der Waals surface area contributed by atoms with Crippen molar-refractivity contribution < 1.29 is 4.74 Å². The van der Waals surface area contributed by atoms with Crippen molar-refractivity contribution in [1.82, 2.24) is 10.3 Å². The van der Waals surface area contributed by atoms with Crippen molar-refractivity contribution in [2.24, 2.45) is 0 Å². The van der Waals surface area contributed by atoms with Gasteiger partial charge in [0.1, 0.15) is 0 Å². The van der Waals surface area contributed by atoms with Gasteiger partial charge in [-0.2, -0.15) is 0 Å². The number of nitrogens with one attached hydrogen (secondary N) is 1. The Morgan fingerprint density at radius 2 is 2.22 bits per heavy atom. The van der Waals surface area contributed by atoms with Gasteiger partial charge in [0.15, 0.2) is 0 Å². The fraction of sp³-hybridized carbons (Fsp3) is 0.533. The molecule has 3 nitrogen and oxygen atoms in total. The third-order valence-electron chi connectivity index (χ3n) is 2.62. The summed E-state index contributed by atoms with van der Waals surface area (Å²) in [6.07, 6.45) is 2.70. The zero-order valence-corrected chi connectivity index (χ0v) is 11.7. The molecular weight excluding hydrogens is 224 g/mol. The van der Waals surface area contributed by atoms with Crippen LogP contribution >= 0.6 is 0 Å². The van der Waals surface area contributed by atoms with Crippen LogP contribution in [0.25, 0.3) is 0 Å². The average Bonchev–Trinajstić information content (AvgIpc) is 2.36. The van der Waals surface area contributed by atoms with Crippen LogP contribution in [0.3, 0.4) is 0 Å². The summed E-state index contributed by atoms with van der Waals surface area (Å²) in [6, 6.07) is 4.16. The smallest absolute Gasteiger partial charge is 0.213 e. The van der Waals surface area contributed by atoms with E-state index in [-0.39, 0.29) is 0 Å². The summed E-state index contributed by atoms with van der Waals surface area (Å²) >= 11 is 0. The number of ether oxygens (including phenoxy) is 1. The summed E-state index contributed by atoms with van der Waals surface area (Å²) in [5, 5.41) is 3.33. The lowest BCUT2D eigenvalue weighted by Gasteiger charge is -2.12. The molecule has 18 heavy (non-hydrogen) atoms. The summed E-state index contributed by atoms with van der Waals surface area (Å²) in [5.74, 6) is 1.13. The predicted molar refractivity (Wildman–Crippen MR) is 76.0 cm³/mol. The molecule has 0 aromatic carbocycles. The van der Waals surface area contributed by atoms with E-state index >= 15 is 0 Å². The summed E-state index contributed by atoms with van der Waals surface area (Å²) < 4.78 is 5.65. The van der Waals surface area contributed by atoms with E-state index in [0.29, 0.717) is 12.5 Å². The lowest BCUT2D eigenvalue weighted by molar-refractivity contribution is 0.310. The Morgan fingerprint density at radius 1 is 1.44 bits per heavy atom. The molecule has 0 bridgehead atoms. The first-order valence-corrected chi connectivity index (χ1v) is 6.62. The van der Waals surface area contributed by atoms with Gasteiger partial charge >= 0.3 is 0 Å². The molecular formula is C15H24N2O. The third kappa shape index (κ3) is 4.88. The Kier molecular flexibility index (Phi) is 6.44. The maximum absolute atomic E-state index is 5.65. The second-order valence-corrected chi connectivity index (χ2v) is 4.60. The van der Waals surface area contributed by atoms with Crippen molar-refractivity contribution in [3.05, 3.63) is 36.0 Å². The van der Waals surface area contributed by atoms with E-state index in [1.54, 1.807) is 0 Å². The number of rotatable bonds is 8. The minimum Gasteiger partial charge on any atom is -0.477 e.